The summed E-state index contributed by atoms with van der Waals surface area (Å²) in [5, 5.41) is 2.79. The third kappa shape index (κ3) is 3.46. The first-order chi connectivity index (χ1) is 12.7. The molecule has 1 heterocycles. The maximum Gasteiger partial charge on any atom is 0.275 e. The van der Waals surface area contributed by atoms with Gasteiger partial charge in [-0.25, -0.2) is 4.98 Å². The molecule has 1 amide bonds. The molecule has 0 aliphatic rings. The zero-order chi connectivity index (χ0) is 18.5. The molecule has 3 aromatic rings. The molecule has 0 bridgehead atoms. The summed E-state index contributed by atoms with van der Waals surface area (Å²) in [5.41, 5.74) is 1.73. The van der Waals surface area contributed by atoms with Crippen LogP contribution in [0.2, 0.25) is 0 Å². The fraction of sp³-hybridized carbons (Fsp3) is 0.158. The zero-order valence-corrected chi connectivity index (χ0v) is 14.7. The van der Waals surface area contributed by atoms with Gasteiger partial charge < -0.3 is 24.1 Å². The number of nitrogens with zero attached hydrogens (tertiary/aromatic N) is 2. The van der Waals surface area contributed by atoms with E-state index in [2.05, 4.69) is 10.3 Å². The molecule has 0 saturated carbocycles. The predicted octanol–water partition coefficient (Wildman–Crippen LogP) is 3.15. The van der Waals surface area contributed by atoms with Gasteiger partial charge in [-0.15, -0.1) is 0 Å². The van der Waals surface area contributed by atoms with Crippen molar-refractivity contribution in [1.82, 2.24) is 9.55 Å². The third-order valence-electron chi connectivity index (χ3n) is 3.79. The molecule has 7 nitrogen and oxygen atoms in total. The molecule has 1 N–H and O–H groups in total. The number of imidazole rings is 1. The Labute approximate surface area is 151 Å². The second-order valence-electron chi connectivity index (χ2n) is 5.37. The van der Waals surface area contributed by atoms with Crippen LogP contribution in [0, 0.1) is 0 Å². The molecule has 1 aromatic heterocycles. The van der Waals surface area contributed by atoms with Crippen LogP contribution in [-0.4, -0.2) is 36.8 Å². The normalized spacial score (nSPS) is 10.3. The Morgan fingerprint density at radius 1 is 1.00 bits per heavy atom. The van der Waals surface area contributed by atoms with Crippen molar-refractivity contribution in [3.05, 3.63) is 60.7 Å². The van der Waals surface area contributed by atoms with Gasteiger partial charge in [0.15, 0.2) is 11.5 Å². The number of nitrogens with one attached hydrogen (secondary N) is 1. The number of methoxy groups -OCH3 is 3. The second-order valence-corrected chi connectivity index (χ2v) is 5.37. The summed E-state index contributed by atoms with van der Waals surface area (Å²) >= 11 is 0. The van der Waals surface area contributed by atoms with Gasteiger partial charge in [-0.3, -0.25) is 4.79 Å². The average Bonchev–Trinajstić information content (AvgIpc) is 3.18. The van der Waals surface area contributed by atoms with E-state index in [0.29, 0.717) is 28.6 Å². The smallest absolute Gasteiger partial charge is 0.275 e. The number of carbonyl (C=O) groups excluding carboxylic acids is 1. The van der Waals surface area contributed by atoms with Gasteiger partial charge in [-0.05, 0) is 12.1 Å². The molecular weight excluding hydrogens is 334 g/mol. The van der Waals surface area contributed by atoms with Gasteiger partial charge in [0.05, 0.1) is 21.3 Å². The fourth-order valence-corrected chi connectivity index (χ4v) is 2.53. The van der Waals surface area contributed by atoms with Crippen LogP contribution in [0.3, 0.4) is 0 Å². The maximum absolute atomic E-state index is 12.5. The Kier molecular flexibility index (Phi) is 5.07. The molecule has 0 fully saturated rings. The highest BCUT2D eigenvalue weighted by atomic mass is 16.5. The van der Waals surface area contributed by atoms with Crippen molar-refractivity contribution in [2.45, 2.75) is 0 Å². The summed E-state index contributed by atoms with van der Waals surface area (Å²) in [6.45, 7) is 0. The molecule has 0 saturated heterocycles. The summed E-state index contributed by atoms with van der Waals surface area (Å²) in [7, 11) is 4.56. The Bertz CT molecular complexity index is 881. The van der Waals surface area contributed by atoms with Gasteiger partial charge in [-0.1, -0.05) is 18.2 Å². The fourth-order valence-electron chi connectivity index (χ4n) is 2.53. The van der Waals surface area contributed by atoms with E-state index in [1.54, 1.807) is 29.2 Å². The molecule has 0 spiro atoms. The van der Waals surface area contributed by atoms with Crippen molar-refractivity contribution in [2.75, 3.05) is 26.6 Å². The average molecular weight is 353 g/mol. The Balaban J connectivity index is 1.83. The van der Waals surface area contributed by atoms with Gasteiger partial charge in [-0.2, -0.15) is 0 Å². The minimum Gasteiger partial charge on any atom is -0.493 e. The number of para-hydroxylation sites is 1. The quantitative estimate of drug-likeness (QED) is 0.737. The second kappa shape index (κ2) is 7.60. The lowest BCUT2D eigenvalue weighted by atomic mass is 10.2. The van der Waals surface area contributed by atoms with E-state index in [4.69, 9.17) is 14.2 Å². The lowest BCUT2D eigenvalue weighted by Gasteiger charge is -2.14. The zero-order valence-electron chi connectivity index (χ0n) is 14.7. The molecule has 2 aromatic carbocycles. The molecule has 0 aliphatic carbocycles. The molecule has 0 unspecified atom stereocenters. The summed E-state index contributed by atoms with van der Waals surface area (Å²) in [6.07, 6.45) is 3.27. The van der Waals surface area contributed by atoms with Crippen molar-refractivity contribution >= 4 is 11.6 Å². The molecule has 134 valence electrons. The summed E-state index contributed by atoms with van der Waals surface area (Å²) in [4.78, 5) is 16.7. The monoisotopic (exact) mass is 353 g/mol. The van der Waals surface area contributed by atoms with Gasteiger partial charge in [0, 0.05) is 29.7 Å². The van der Waals surface area contributed by atoms with Crippen molar-refractivity contribution in [2.24, 2.45) is 0 Å². The highest BCUT2D eigenvalue weighted by Gasteiger charge is 2.16. The molecule has 0 atom stereocenters. The summed E-state index contributed by atoms with van der Waals surface area (Å²) in [6, 6.07) is 13.0. The van der Waals surface area contributed by atoms with Crippen molar-refractivity contribution in [1.29, 1.82) is 0 Å². The molecule has 7 heteroatoms. The third-order valence-corrected chi connectivity index (χ3v) is 3.79. The van der Waals surface area contributed by atoms with E-state index in [-0.39, 0.29) is 5.91 Å². The van der Waals surface area contributed by atoms with E-state index < -0.39 is 0 Å². The molecular formula is C19H19N3O4. The Morgan fingerprint density at radius 2 is 1.65 bits per heavy atom. The number of benzene rings is 2. The van der Waals surface area contributed by atoms with Crippen molar-refractivity contribution < 1.29 is 19.0 Å². The first-order valence-electron chi connectivity index (χ1n) is 7.87. The number of rotatable bonds is 6. The predicted molar refractivity (Wildman–Crippen MR) is 97.6 cm³/mol. The lowest BCUT2D eigenvalue weighted by molar-refractivity contribution is 0.102. The summed E-state index contributed by atoms with van der Waals surface area (Å²) in [5.74, 6) is 1.03. The van der Waals surface area contributed by atoms with E-state index in [9.17, 15) is 4.79 Å². The van der Waals surface area contributed by atoms with Gasteiger partial charge in [0.25, 0.3) is 5.91 Å². The Hall–Kier alpha value is -3.48. The molecule has 3 rings (SSSR count). The molecule has 0 aliphatic heterocycles. The van der Waals surface area contributed by atoms with Crippen LogP contribution in [0.5, 0.6) is 17.2 Å². The highest BCUT2D eigenvalue weighted by Crippen LogP contribution is 2.39. The van der Waals surface area contributed by atoms with Gasteiger partial charge >= 0.3 is 0 Å². The van der Waals surface area contributed by atoms with Crippen LogP contribution >= 0.6 is 0 Å². The van der Waals surface area contributed by atoms with E-state index in [0.717, 1.165) is 5.69 Å². The number of hydrogen-bond acceptors (Lipinski definition) is 5. The minimum atomic E-state index is -0.339. The number of anilines is 1. The summed E-state index contributed by atoms with van der Waals surface area (Å²) < 4.78 is 17.6. The van der Waals surface area contributed by atoms with Crippen LogP contribution in [-0.2, 0) is 0 Å². The number of ether oxygens (including phenoxy) is 3. The van der Waals surface area contributed by atoms with Crippen LogP contribution in [0.1, 0.15) is 10.5 Å². The molecule has 0 radical (unpaired) electrons. The van der Waals surface area contributed by atoms with Crippen molar-refractivity contribution in [3.8, 4) is 22.9 Å². The minimum absolute atomic E-state index is 0.294. The number of carbonyl (C=O) groups is 1. The van der Waals surface area contributed by atoms with Crippen LogP contribution < -0.4 is 19.5 Å². The first kappa shape index (κ1) is 17.3. The van der Waals surface area contributed by atoms with E-state index in [1.807, 2.05) is 30.3 Å². The number of aromatic nitrogens is 2. The number of amides is 1. The maximum atomic E-state index is 12.5. The first-order valence-corrected chi connectivity index (χ1v) is 7.87. The standard InChI is InChI=1S/C19H19N3O4/c1-24-16-9-13(10-17(25-2)18(16)26-3)21-19(23)15-11-22(12-20-15)14-7-5-4-6-8-14/h4-12H,1-3H3,(H,21,23). The van der Waals surface area contributed by atoms with Crippen LogP contribution in [0.4, 0.5) is 5.69 Å². The van der Waals surface area contributed by atoms with E-state index in [1.165, 1.54) is 21.3 Å². The lowest BCUT2D eigenvalue weighted by Crippen LogP contribution is -2.12. The topological polar surface area (TPSA) is 74.6 Å². The van der Waals surface area contributed by atoms with E-state index >= 15 is 0 Å². The molecule has 26 heavy (non-hydrogen) atoms. The van der Waals surface area contributed by atoms with Crippen LogP contribution in [0.15, 0.2) is 55.0 Å². The van der Waals surface area contributed by atoms with Crippen LogP contribution in [0.25, 0.3) is 5.69 Å². The Morgan fingerprint density at radius 3 is 2.23 bits per heavy atom. The SMILES string of the molecule is COc1cc(NC(=O)c2cn(-c3ccccc3)cn2)cc(OC)c1OC. The van der Waals surface area contributed by atoms with Crippen molar-refractivity contribution in [3.63, 3.8) is 0 Å². The van der Waals surface area contributed by atoms with Gasteiger partial charge in [0.2, 0.25) is 5.75 Å². The number of hydrogen-bond donors (Lipinski definition) is 1. The largest absolute Gasteiger partial charge is 0.493 e. The van der Waals surface area contributed by atoms with Gasteiger partial charge in [0.1, 0.15) is 12.0 Å². The highest BCUT2D eigenvalue weighted by molar-refractivity contribution is 6.03.